The zero-order valence-corrected chi connectivity index (χ0v) is 26.9. The van der Waals surface area contributed by atoms with Gasteiger partial charge in [0.25, 0.3) is 0 Å². The summed E-state index contributed by atoms with van der Waals surface area (Å²) >= 11 is 0. The monoisotopic (exact) mass is 565 g/mol. The number of allylic oxidation sites excluding steroid dienone is 4. The Morgan fingerprint density at radius 2 is 1.00 bits per heavy atom. The molecule has 0 saturated carbocycles. The number of hydrogen-bond donors (Lipinski definition) is 1. The van der Waals surface area contributed by atoms with Gasteiger partial charge in [0.1, 0.15) is 6.10 Å². The molecule has 1 atom stereocenters. The third-order valence-electron chi connectivity index (χ3n) is 7.50. The summed E-state index contributed by atoms with van der Waals surface area (Å²) in [6.45, 7) is 5.29. The summed E-state index contributed by atoms with van der Waals surface area (Å²) in [6.07, 6.45) is 39.2. The van der Waals surface area contributed by atoms with Gasteiger partial charge in [-0.1, -0.05) is 134 Å². The smallest absolute Gasteiger partial charge is 0.306 e. The second-order valence-corrected chi connectivity index (χ2v) is 11.6. The number of ether oxygens (including phenoxy) is 2. The van der Waals surface area contributed by atoms with E-state index in [2.05, 4.69) is 38.2 Å². The molecule has 0 heterocycles. The maximum Gasteiger partial charge on any atom is 0.306 e. The second kappa shape index (κ2) is 34.1. The summed E-state index contributed by atoms with van der Waals surface area (Å²) in [4.78, 5) is 12.1. The van der Waals surface area contributed by atoms with E-state index >= 15 is 0 Å². The summed E-state index contributed by atoms with van der Waals surface area (Å²) in [6, 6.07) is 0. The average Bonchev–Trinajstić information content (AvgIpc) is 2.96. The van der Waals surface area contributed by atoms with E-state index in [1.165, 1.54) is 135 Å². The first-order valence-electron chi connectivity index (χ1n) is 17.4. The quantitative estimate of drug-likeness (QED) is 0.0501. The van der Waals surface area contributed by atoms with Crippen molar-refractivity contribution in [1.82, 2.24) is 0 Å². The van der Waals surface area contributed by atoms with E-state index < -0.39 is 6.10 Å². The fourth-order valence-corrected chi connectivity index (χ4v) is 4.83. The topological polar surface area (TPSA) is 55.8 Å². The van der Waals surface area contributed by atoms with Crippen molar-refractivity contribution in [3.8, 4) is 0 Å². The second-order valence-electron chi connectivity index (χ2n) is 11.6. The summed E-state index contributed by atoms with van der Waals surface area (Å²) < 4.78 is 11.1. The zero-order valence-electron chi connectivity index (χ0n) is 26.9. The number of carbonyl (C=O) groups excluding carboxylic acids is 1. The standard InChI is InChI=1S/C36H68O4/c1-3-5-7-9-11-13-15-17-18-19-20-21-23-25-27-29-31-36(38)40-35(33-37)34-39-32-30-28-26-24-22-16-14-12-10-8-6-4-2/h10,12,18-19,35,37H,3-9,11,13-17,20-34H2,1-2H3/b12-10-,19-18-. The fourth-order valence-electron chi connectivity index (χ4n) is 4.83. The molecule has 40 heavy (non-hydrogen) atoms. The van der Waals surface area contributed by atoms with Crippen LogP contribution in [0.3, 0.4) is 0 Å². The number of unbranched alkanes of at least 4 members (excludes halogenated alkanes) is 20. The van der Waals surface area contributed by atoms with Gasteiger partial charge in [0.2, 0.25) is 0 Å². The van der Waals surface area contributed by atoms with Crippen LogP contribution in [0.4, 0.5) is 0 Å². The molecule has 0 radical (unpaired) electrons. The summed E-state index contributed by atoms with van der Waals surface area (Å²) in [5.74, 6) is -0.212. The molecule has 236 valence electrons. The van der Waals surface area contributed by atoms with Gasteiger partial charge in [0.15, 0.2) is 0 Å². The first-order valence-corrected chi connectivity index (χ1v) is 17.4. The molecule has 0 saturated heterocycles. The van der Waals surface area contributed by atoms with Gasteiger partial charge in [0, 0.05) is 13.0 Å². The SMILES string of the molecule is CCCC/C=C\CCCCCCCCOCC(CO)OC(=O)CCCCCCC/C=C\CCCCCCCCC. The molecule has 1 N–H and O–H groups in total. The Balaban J connectivity index is 3.46. The van der Waals surface area contributed by atoms with Crippen LogP contribution in [0.25, 0.3) is 0 Å². The maximum absolute atomic E-state index is 12.1. The van der Waals surface area contributed by atoms with Gasteiger partial charge in [0.05, 0.1) is 13.2 Å². The zero-order chi connectivity index (χ0) is 29.2. The van der Waals surface area contributed by atoms with E-state index in [1.54, 1.807) is 0 Å². The molecule has 0 fully saturated rings. The summed E-state index contributed by atoms with van der Waals surface area (Å²) in [5.41, 5.74) is 0. The molecule has 0 bridgehead atoms. The molecule has 0 aromatic carbocycles. The van der Waals surface area contributed by atoms with Crippen molar-refractivity contribution < 1.29 is 19.4 Å². The molecule has 0 aromatic rings. The van der Waals surface area contributed by atoms with Crippen LogP contribution in [-0.4, -0.2) is 37.0 Å². The highest BCUT2D eigenvalue weighted by atomic mass is 16.6. The van der Waals surface area contributed by atoms with Gasteiger partial charge >= 0.3 is 5.97 Å². The van der Waals surface area contributed by atoms with E-state index in [4.69, 9.17) is 9.47 Å². The molecule has 4 nitrogen and oxygen atoms in total. The van der Waals surface area contributed by atoms with Crippen molar-refractivity contribution in [1.29, 1.82) is 0 Å². The lowest BCUT2D eigenvalue weighted by Crippen LogP contribution is -2.27. The molecule has 0 aromatic heterocycles. The van der Waals surface area contributed by atoms with Crippen LogP contribution >= 0.6 is 0 Å². The van der Waals surface area contributed by atoms with Crippen molar-refractivity contribution in [2.24, 2.45) is 0 Å². The van der Waals surface area contributed by atoms with Crippen LogP contribution < -0.4 is 0 Å². The van der Waals surface area contributed by atoms with Crippen LogP contribution in [0.1, 0.15) is 174 Å². The predicted molar refractivity (Wildman–Crippen MR) is 173 cm³/mol. The van der Waals surface area contributed by atoms with Crippen molar-refractivity contribution in [3.05, 3.63) is 24.3 Å². The van der Waals surface area contributed by atoms with Crippen molar-refractivity contribution in [2.45, 2.75) is 180 Å². The molecule has 0 aliphatic rings. The summed E-state index contributed by atoms with van der Waals surface area (Å²) in [5, 5.41) is 9.52. The fraction of sp³-hybridized carbons (Fsp3) is 0.861. The minimum absolute atomic E-state index is 0.175. The maximum atomic E-state index is 12.1. The van der Waals surface area contributed by atoms with Crippen molar-refractivity contribution in [2.75, 3.05) is 19.8 Å². The number of aliphatic hydroxyl groups is 1. The Morgan fingerprint density at radius 1 is 0.575 bits per heavy atom. The molecule has 4 heteroatoms. The van der Waals surface area contributed by atoms with Crippen LogP contribution in [0.5, 0.6) is 0 Å². The van der Waals surface area contributed by atoms with E-state index in [0.29, 0.717) is 19.6 Å². The minimum Gasteiger partial charge on any atom is -0.457 e. The van der Waals surface area contributed by atoms with E-state index in [-0.39, 0.29) is 12.6 Å². The number of esters is 1. The lowest BCUT2D eigenvalue weighted by atomic mass is 10.1. The van der Waals surface area contributed by atoms with Gasteiger partial charge in [-0.3, -0.25) is 4.79 Å². The van der Waals surface area contributed by atoms with Crippen molar-refractivity contribution in [3.63, 3.8) is 0 Å². The first kappa shape index (κ1) is 38.9. The van der Waals surface area contributed by atoms with E-state index in [9.17, 15) is 9.90 Å². The third-order valence-corrected chi connectivity index (χ3v) is 7.50. The molecule has 0 amide bonds. The van der Waals surface area contributed by atoms with Gasteiger partial charge in [-0.25, -0.2) is 0 Å². The largest absolute Gasteiger partial charge is 0.457 e. The van der Waals surface area contributed by atoms with Gasteiger partial charge < -0.3 is 14.6 Å². The molecule has 0 spiro atoms. The Morgan fingerprint density at radius 3 is 1.50 bits per heavy atom. The number of carbonyl (C=O) groups is 1. The number of aliphatic hydroxyl groups excluding tert-OH is 1. The predicted octanol–water partition coefficient (Wildman–Crippen LogP) is 10.8. The molecular formula is C36H68O4. The number of rotatable bonds is 32. The van der Waals surface area contributed by atoms with Gasteiger partial charge in [-0.15, -0.1) is 0 Å². The number of hydrogen-bond acceptors (Lipinski definition) is 4. The lowest BCUT2D eigenvalue weighted by molar-refractivity contribution is -0.154. The first-order chi connectivity index (χ1) is 19.7. The Hall–Kier alpha value is -1.13. The van der Waals surface area contributed by atoms with Crippen molar-refractivity contribution >= 4 is 5.97 Å². The summed E-state index contributed by atoms with van der Waals surface area (Å²) in [7, 11) is 0. The Labute approximate surface area is 249 Å². The molecule has 0 rings (SSSR count). The highest BCUT2D eigenvalue weighted by molar-refractivity contribution is 5.69. The normalized spacial score (nSPS) is 12.6. The average molecular weight is 565 g/mol. The minimum atomic E-state index is -0.536. The molecular weight excluding hydrogens is 496 g/mol. The van der Waals surface area contributed by atoms with Gasteiger partial charge in [-0.2, -0.15) is 0 Å². The molecule has 0 aliphatic heterocycles. The van der Waals surface area contributed by atoms with E-state index in [0.717, 1.165) is 19.3 Å². The highest BCUT2D eigenvalue weighted by Gasteiger charge is 2.13. The van der Waals surface area contributed by atoms with E-state index in [1.807, 2.05) is 0 Å². The van der Waals surface area contributed by atoms with Crippen LogP contribution in [0.15, 0.2) is 24.3 Å². The van der Waals surface area contributed by atoms with Gasteiger partial charge in [-0.05, 0) is 57.8 Å². The van der Waals surface area contributed by atoms with Crippen LogP contribution in [0, 0.1) is 0 Å². The third kappa shape index (κ3) is 31.4. The lowest BCUT2D eigenvalue weighted by Gasteiger charge is -2.15. The molecule has 1 unspecified atom stereocenters. The highest BCUT2D eigenvalue weighted by Crippen LogP contribution is 2.12. The Bertz CT molecular complexity index is 557. The van der Waals surface area contributed by atoms with Crippen LogP contribution in [-0.2, 0) is 14.3 Å². The van der Waals surface area contributed by atoms with Crippen LogP contribution in [0.2, 0.25) is 0 Å². The Kier molecular flexibility index (Phi) is 33.1. The molecule has 0 aliphatic carbocycles.